The predicted octanol–water partition coefficient (Wildman–Crippen LogP) is 4.41. The number of aromatic amines is 2. The summed E-state index contributed by atoms with van der Waals surface area (Å²) in [7, 11) is 0. The predicted molar refractivity (Wildman–Crippen MR) is 110 cm³/mol. The van der Waals surface area contributed by atoms with Crippen LogP contribution < -0.4 is 5.32 Å². The maximum absolute atomic E-state index is 13.1. The molecule has 1 amide bonds. The molecule has 3 N–H and O–H groups in total. The molecular weight excluding hydrogens is 350 g/mol. The number of hydrogen-bond acceptors (Lipinski definition) is 3. The molecule has 2 aromatic heterocycles. The highest BCUT2D eigenvalue weighted by Crippen LogP contribution is 2.49. The highest BCUT2D eigenvalue weighted by molar-refractivity contribution is 6.02. The summed E-state index contributed by atoms with van der Waals surface area (Å²) in [5.41, 5.74) is 5.30. The first-order valence-electron chi connectivity index (χ1n) is 9.61. The van der Waals surface area contributed by atoms with E-state index in [9.17, 15) is 4.79 Å². The Bertz CT molecular complexity index is 1210. The minimum absolute atomic E-state index is 0.0428. The summed E-state index contributed by atoms with van der Waals surface area (Å²) in [5, 5.41) is 15.0. The van der Waals surface area contributed by atoms with Gasteiger partial charge in [0.15, 0.2) is 0 Å². The molecule has 1 fully saturated rings. The molecule has 6 nitrogen and oxygen atoms in total. The van der Waals surface area contributed by atoms with Crippen LogP contribution in [0.5, 0.6) is 0 Å². The van der Waals surface area contributed by atoms with Crippen LogP contribution in [0.2, 0.25) is 0 Å². The SMILES string of the molecule is CC(C)(C)c1cc2cc(C3(C(=O)Nc4ccc5n[nH]nc5c4)CC3)ccc2[nH]1. The van der Waals surface area contributed by atoms with E-state index in [1.807, 2.05) is 18.2 Å². The first-order valence-corrected chi connectivity index (χ1v) is 9.61. The van der Waals surface area contributed by atoms with Gasteiger partial charge in [0.25, 0.3) is 0 Å². The molecule has 0 bridgehead atoms. The van der Waals surface area contributed by atoms with Gasteiger partial charge in [-0.15, -0.1) is 0 Å². The van der Waals surface area contributed by atoms with E-state index >= 15 is 0 Å². The second-order valence-corrected chi connectivity index (χ2v) is 8.80. The van der Waals surface area contributed by atoms with Crippen LogP contribution in [0.1, 0.15) is 44.9 Å². The third-order valence-corrected chi connectivity index (χ3v) is 5.74. The zero-order chi connectivity index (χ0) is 19.5. The molecule has 4 aromatic rings. The number of nitrogens with one attached hydrogen (secondary N) is 3. The molecule has 0 spiro atoms. The van der Waals surface area contributed by atoms with Crippen molar-refractivity contribution < 1.29 is 4.79 Å². The van der Waals surface area contributed by atoms with Crippen LogP contribution in [0.25, 0.3) is 21.9 Å². The summed E-state index contributed by atoms with van der Waals surface area (Å²) < 4.78 is 0. The quantitative estimate of drug-likeness (QED) is 0.497. The van der Waals surface area contributed by atoms with Crippen molar-refractivity contribution in [2.45, 2.75) is 44.4 Å². The summed E-state index contributed by atoms with van der Waals surface area (Å²) >= 11 is 0. The second kappa shape index (κ2) is 5.67. The van der Waals surface area contributed by atoms with Crippen LogP contribution in [0.3, 0.4) is 0 Å². The number of carbonyl (C=O) groups is 1. The Hall–Kier alpha value is -3.15. The van der Waals surface area contributed by atoms with Crippen molar-refractivity contribution in [3.63, 3.8) is 0 Å². The van der Waals surface area contributed by atoms with E-state index in [4.69, 9.17) is 0 Å². The first-order chi connectivity index (χ1) is 13.3. The van der Waals surface area contributed by atoms with Gasteiger partial charge in [-0.05, 0) is 60.2 Å². The number of hydrogen-bond donors (Lipinski definition) is 3. The van der Waals surface area contributed by atoms with Crippen LogP contribution in [-0.4, -0.2) is 26.3 Å². The van der Waals surface area contributed by atoms with Crippen LogP contribution in [-0.2, 0) is 15.6 Å². The van der Waals surface area contributed by atoms with Gasteiger partial charge >= 0.3 is 0 Å². The van der Waals surface area contributed by atoms with E-state index < -0.39 is 5.41 Å². The fraction of sp³-hybridized carbons (Fsp3) is 0.318. The van der Waals surface area contributed by atoms with Gasteiger partial charge in [0.05, 0.1) is 5.41 Å². The van der Waals surface area contributed by atoms with Gasteiger partial charge in [-0.2, -0.15) is 15.4 Å². The van der Waals surface area contributed by atoms with Crippen molar-refractivity contribution in [2.75, 3.05) is 5.32 Å². The van der Waals surface area contributed by atoms with Crippen LogP contribution in [0, 0.1) is 0 Å². The summed E-state index contributed by atoms with van der Waals surface area (Å²) in [6.07, 6.45) is 1.74. The van der Waals surface area contributed by atoms with Gasteiger partial charge < -0.3 is 10.3 Å². The summed E-state index contributed by atoms with van der Waals surface area (Å²) in [4.78, 5) is 16.6. The van der Waals surface area contributed by atoms with Gasteiger partial charge in [0.2, 0.25) is 5.91 Å². The number of anilines is 1. The minimum atomic E-state index is -0.438. The average Bonchev–Trinajstić information content (AvgIpc) is 3.13. The topological polar surface area (TPSA) is 86.5 Å². The lowest BCUT2D eigenvalue weighted by Crippen LogP contribution is -2.27. The molecule has 2 heterocycles. The Balaban J connectivity index is 1.45. The second-order valence-electron chi connectivity index (χ2n) is 8.80. The number of amides is 1. The first kappa shape index (κ1) is 17.0. The zero-order valence-electron chi connectivity index (χ0n) is 16.3. The van der Waals surface area contributed by atoms with Gasteiger partial charge in [-0.1, -0.05) is 26.8 Å². The molecule has 0 saturated heterocycles. The largest absolute Gasteiger partial charge is 0.358 e. The van der Waals surface area contributed by atoms with Gasteiger partial charge in [0, 0.05) is 22.3 Å². The Morgan fingerprint density at radius 3 is 2.57 bits per heavy atom. The molecule has 0 aliphatic heterocycles. The molecule has 1 saturated carbocycles. The molecule has 5 rings (SSSR count). The number of H-pyrrole nitrogens is 2. The van der Waals surface area contributed by atoms with Crippen molar-refractivity contribution in [3.05, 3.63) is 53.7 Å². The van der Waals surface area contributed by atoms with Crippen LogP contribution >= 0.6 is 0 Å². The smallest absolute Gasteiger partial charge is 0.235 e. The number of benzene rings is 2. The third kappa shape index (κ3) is 2.68. The minimum Gasteiger partial charge on any atom is -0.358 e. The number of nitrogens with zero attached hydrogens (tertiary/aromatic N) is 2. The number of rotatable bonds is 3. The van der Waals surface area contributed by atoms with Gasteiger partial charge in [-0.3, -0.25) is 4.79 Å². The van der Waals surface area contributed by atoms with E-state index in [0.717, 1.165) is 46.0 Å². The van der Waals surface area contributed by atoms with E-state index in [0.29, 0.717) is 0 Å². The van der Waals surface area contributed by atoms with Gasteiger partial charge in [0.1, 0.15) is 11.0 Å². The zero-order valence-corrected chi connectivity index (χ0v) is 16.3. The van der Waals surface area contributed by atoms with Crippen molar-refractivity contribution in [3.8, 4) is 0 Å². The fourth-order valence-electron chi connectivity index (χ4n) is 3.77. The van der Waals surface area contributed by atoms with Crippen molar-refractivity contribution in [1.29, 1.82) is 0 Å². The van der Waals surface area contributed by atoms with Crippen LogP contribution in [0.15, 0.2) is 42.5 Å². The van der Waals surface area contributed by atoms with Crippen molar-refractivity contribution >= 4 is 33.5 Å². The molecule has 28 heavy (non-hydrogen) atoms. The average molecular weight is 373 g/mol. The Morgan fingerprint density at radius 1 is 1.04 bits per heavy atom. The molecule has 6 heteroatoms. The molecule has 1 aliphatic carbocycles. The molecule has 0 radical (unpaired) electrons. The Kier molecular flexibility index (Phi) is 3.44. The van der Waals surface area contributed by atoms with Crippen molar-refractivity contribution in [2.24, 2.45) is 0 Å². The molecule has 0 unspecified atom stereocenters. The summed E-state index contributed by atoms with van der Waals surface area (Å²) in [6, 6.07) is 14.1. The highest BCUT2D eigenvalue weighted by atomic mass is 16.2. The standard InChI is InChI=1S/C22H23N5O/c1-21(2,3)19-11-13-10-14(4-6-16(13)24-19)22(8-9-22)20(28)23-15-5-7-17-18(12-15)26-27-25-17/h4-7,10-12,24H,8-9H2,1-3H3,(H,23,28)(H,25,26,27). The Labute approximate surface area is 162 Å². The molecule has 0 atom stereocenters. The maximum atomic E-state index is 13.1. The normalized spacial score (nSPS) is 15.8. The van der Waals surface area contributed by atoms with E-state index in [-0.39, 0.29) is 11.3 Å². The number of fused-ring (bicyclic) bond motifs is 2. The lowest BCUT2D eigenvalue weighted by molar-refractivity contribution is -0.118. The van der Waals surface area contributed by atoms with Gasteiger partial charge in [-0.25, -0.2) is 0 Å². The molecule has 2 aromatic carbocycles. The third-order valence-electron chi connectivity index (χ3n) is 5.74. The molecule has 142 valence electrons. The number of aromatic nitrogens is 4. The lowest BCUT2D eigenvalue weighted by atomic mass is 9.91. The number of carbonyl (C=O) groups excluding carboxylic acids is 1. The summed E-state index contributed by atoms with van der Waals surface area (Å²) in [6.45, 7) is 6.58. The summed E-state index contributed by atoms with van der Waals surface area (Å²) in [5.74, 6) is 0.0428. The van der Waals surface area contributed by atoms with Crippen LogP contribution in [0.4, 0.5) is 5.69 Å². The maximum Gasteiger partial charge on any atom is 0.235 e. The van der Waals surface area contributed by atoms with E-state index in [2.05, 4.69) is 70.7 Å². The highest BCUT2D eigenvalue weighted by Gasteiger charge is 2.51. The molecular formula is C22H23N5O. The fourth-order valence-corrected chi connectivity index (χ4v) is 3.77. The monoisotopic (exact) mass is 373 g/mol. The lowest BCUT2D eigenvalue weighted by Gasteiger charge is -2.16. The molecule has 1 aliphatic rings. The Morgan fingerprint density at radius 2 is 1.82 bits per heavy atom. The van der Waals surface area contributed by atoms with Crippen molar-refractivity contribution in [1.82, 2.24) is 20.4 Å². The van der Waals surface area contributed by atoms with E-state index in [1.54, 1.807) is 0 Å². The van der Waals surface area contributed by atoms with E-state index in [1.165, 1.54) is 5.69 Å².